The van der Waals surface area contributed by atoms with Gasteiger partial charge < -0.3 is 15.9 Å². The highest BCUT2D eigenvalue weighted by Gasteiger charge is 2.21. The third-order valence-electron chi connectivity index (χ3n) is 2.85. The second kappa shape index (κ2) is 5.63. The number of nitrogens with zero attached hydrogens (tertiary/aromatic N) is 1. The van der Waals surface area contributed by atoms with E-state index in [1.54, 1.807) is 6.07 Å². The molecule has 1 aromatic heterocycles. The minimum atomic E-state index is -1.07. The molecule has 0 spiro atoms. The standard InChI is InChI=1S/C13H15ClN2O2/c14-13-9(12(18)11(17)5-6-15)7-8-3-1-2-4-10(8)16-13/h1-4,7,11-12,17-18H,5-6,15H2. The van der Waals surface area contributed by atoms with E-state index in [1.165, 1.54) is 0 Å². The van der Waals surface area contributed by atoms with Gasteiger partial charge >= 0.3 is 0 Å². The molecule has 0 fully saturated rings. The molecule has 0 aliphatic carbocycles. The van der Waals surface area contributed by atoms with Crippen molar-refractivity contribution in [3.05, 3.63) is 41.0 Å². The Morgan fingerprint density at radius 3 is 2.72 bits per heavy atom. The summed E-state index contributed by atoms with van der Waals surface area (Å²) in [6.07, 6.45) is -1.70. The number of para-hydroxylation sites is 1. The minimum absolute atomic E-state index is 0.206. The van der Waals surface area contributed by atoms with E-state index in [4.69, 9.17) is 17.3 Å². The first kappa shape index (κ1) is 13.2. The number of aromatic nitrogens is 1. The van der Waals surface area contributed by atoms with Gasteiger partial charge in [0.05, 0.1) is 11.6 Å². The number of hydrogen-bond donors (Lipinski definition) is 3. The van der Waals surface area contributed by atoms with E-state index in [-0.39, 0.29) is 5.15 Å². The van der Waals surface area contributed by atoms with Crippen LogP contribution in [0.2, 0.25) is 5.15 Å². The summed E-state index contributed by atoms with van der Waals surface area (Å²) in [5, 5.41) is 20.9. The molecular formula is C13H15ClN2O2. The van der Waals surface area contributed by atoms with Crippen molar-refractivity contribution in [3.63, 3.8) is 0 Å². The molecule has 0 saturated carbocycles. The second-order valence-electron chi connectivity index (χ2n) is 4.15. The molecule has 0 aliphatic heterocycles. The van der Waals surface area contributed by atoms with Crippen LogP contribution in [-0.2, 0) is 0 Å². The van der Waals surface area contributed by atoms with Crippen LogP contribution in [0.4, 0.5) is 0 Å². The lowest BCUT2D eigenvalue weighted by Gasteiger charge is -2.18. The summed E-state index contributed by atoms with van der Waals surface area (Å²) in [7, 11) is 0. The lowest BCUT2D eigenvalue weighted by atomic mass is 10.0. The van der Waals surface area contributed by atoms with Gasteiger partial charge in [0.15, 0.2) is 0 Å². The molecule has 0 radical (unpaired) electrons. The average Bonchev–Trinajstić information content (AvgIpc) is 2.37. The lowest BCUT2D eigenvalue weighted by molar-refractivity contribution is 0.0150. The smallest absolute Gasteiger partial charge is 0.135 e. The fourth-order valence-electron chi connectivity index (χ4n) is 1.85. The van der Waals surface area contributed by atoms with Crippen molar-refractivity contribution in [1.82, 2.24) is 4.98 Å². The molecule has 1 heterocycles. The van der Waals surface area contributed by atoms with Crippen molar-refractivity contribution in [1.29, 1.82) is 0 Å². The number of halogens is 1. The Labute approximate surface area is 110 Å². The molecule has 96 valence electrons. The van der Waals surface area contributed by atoms with Crippen LogP contribution in [0.5, 0.6) is 0 Å². The fraction of sp³-hybridized carbons (Fsp3) is 0.308. The van der Waals surface area contributed by atoms with Crippen LogP contribution in [0.1, 0.15) is 18.1 Å². The average molecular weight is 267 g/mol. The van der Waals surface area contributed by atoms with E-state index in [2.05, 4.69) is 4.98 Å². The van der Waals surface area contributed by atoms with Crippen molar-refractivity contribution in [2.45, 2.75) is 18.6 Å². The molecule has 2 atom stereocenters. The van der Waals surface area contributed by atoms with Crippen molar-refractivity contribution in [3.8, 4) is 0 Å². The highest BCUT2D eigenvalue weighted by Crippen LogP contribution is 2.28. The second-order valence-corrected chi connectivity index (χ2v) is 4.51. The molecule has 4 N–H and O–H groups in total. The zero-order valence-electron chi connectivity index (χ0n) is 9.75. The summed E-state index contributed by atoms with van der Waals surface area (Å²) in [4.78, 5) is 4.20. The number of aliphatic hydroxyl groups excluding tert-OH is 2. The quantitative estimate of drug-likeness (QED) is 0.735. The van der Waals surface area contributed by atoms with E-state index in [0.717, 1.165) is 10.9 Å². The number of nitrogens with two attached hydrogens (primary N) is 1. The van der Waals surface area contributed by atoms with E-state index in [9.17, 15) is 10.2 Å². The van der Waals surface area contributed by atoms with Crippen molar-refractivity contribution < 1.29 is 10.2 Å². The molecule has 18 heavy (non-hydrogen) atoms. The molecule has 0 amide bonds. The normalized spacial score (nSPS) is 14.7. The Morgan fingerprint density at radius 1 is 1.28 bits per heavy atom. The molecule has 1 aromatic carbocycles. The van der Waals surface area contributed by atoms with Gasteiger partial charge in [0, 0.05) is 10.9 Å². The monoisotopic (exact) mass is 266 g/mol. The first-order valence-electron chi connectivity index (χ1n) is 5.75. The van der Waals surface area contributed by atoms with E-state index >= 15 is 0 Å². The van der Waals surface area contributed by atoms with Crippen molar-refractivity contribution in [2.75, 3.05) is 6.54 Å². The highest BCUT2D eigenvalue weighted by molar-refractivity contribution is 6.30. The van der Waals surface area contributed by atoms with Crippen LogP contribution in [-0.4, -0.2) is 27.8 Å². The topological polar surface area (TPSA) is 79.4 Å². The summed E-state index contributed by atoms with van der Waals surface area (Å²) >= 11 is 6.03. The molecule has 0 aliphatic rings. The van der Waals surface area contributed by atoms with E-state index in [0.29, 0.717) is 18.5 Å². The molecule has 4 nitrogen and oxygen atoms in total. The van der Waals surface area contributed by atoms with Crippen LogP contribution in [0.15, 0.2) is 30.3 Å². The molecule has 0 bridgehead atoms. The molecule has 5 heteroatoms. The Kier molecular flexibility index (Phi) is 4.14. The van der Waals surface area contributed by atoms with Crippen LogP contribution < -0.4 is 5.73 Å². The number of benzene rings is 1. The number of rotatable bonds is 4. The molecule has 2 rings (SSSR count). The summed E-state index contributed by atoms with van der Waals surface area (Å²) in [6, 6.07) is 9.21. The zero-order valence-corrected chi connectivity index (χ0v) is 10.5. The number of hydrogen-bond acceptors (Lipinski definition) is 4. The largest absolute Gasteiger partial charge is 0.390 e. The predicted molar refractivity (Wildman–Crippen MR) is 71.4 cm³/mol. The number of aliphatic hydroxyl groups is 2. The van der Waals surface area contributed by atoms with E-state index < -0.39 is 12.2 Å². The Balaban J connectivity index is 2.41. The van der Waals surface area contributed by atoms with Gasteiger partial charge in [-0.1, -0.05) is 29.8 Å². The maximum absolute atomic E-state index is 10.0. The minimum Gasteiger partial charge on any atom is -0.390 e. The van der Waals surface area contributed by atoms with Gasteiger partial charge in [0.2, 0.25) is 0 Å². The Morgan fingerprint density at radius 2 is 2.00 bits per heavy atom. The van der Waals surface area contributed by atoms with Gasteiger partial charge in [0.25, 0.3) is 0 Å². The summed E-state index contributed by atoms with van der Waals surface area (Å²) in [6.45, 7) is 0.302. The third-order valence-corrected chi connectivity index (χ3v) is 3.15. The summed E-state index contributed by atoms with van der Waals surface area (Å²) < 4.78 is 0. The first-order valence-corrected chi connectivity index (χ1v) is 6.12. The van der Waals surface area contributed by atoms with E-state index in [1.807, 2.05) is 24.3 Å². The third kappa shape index (κ3) is 2.62. The van der Waals surface area contributed by atoms with Gasteiger partial charge in [-0.2, -0.15) is 0 Å². The summed E-state index contributed by atoms with van der Waals surface area (Å²) in [5.41, 5.74) is 6.54. The Bertz CT molecular complexity index is 548. The first-order chi connectivity index (χ1) is 8.63. The maximum Gasteiger partial charge on any atom is 0.135 e. The summed E-state index contributed by atoms with van der Waals surface area (Å²) in [5.74, 6) is 0. The lowest BCUT2D eigenvalue weighted by Crippen LogP contribution is -2.22. The zero-order chi connectivity index (χ0) is 13.1. The molecule has 2 aromatic rings. The van der Waals surface area contributed by atoms with Crippen LogP contribution in [0, 0.1) is 0 Å². The number of fused-ring (bicyclic) bond motifs is 1. The van der Waals surface area contributed by atoms with Crippen LogP contribution in [0.3, 0.4) is 0 Å². The van der Waals surface area contributed by atoms with Crippen molar-refractivity contribution in [2.24, 2.45) is 5.73 Å². The fourth-order valence-corrected chi connectivity index (χ4v) is 2.11. The molecule has 2 unspecified atom stereocenters. The highest BCUT2D eigenvalue weighted by atomic mass is 35.5. The van der Waals surface area contributed by atoms with Gasteiger partial charge in [-0.05, 0) is 25.1 Å². The van der Waals surface area contributed by atoms with Gasteiger partial charge in [-0.15, -0.1) is 0 Å². The van der Waals surface area contributed by atoms with Gasteiger partial charge in [0.1, 0.15) is 11.3 Å². The van der Waals surface area contributed by atoms with Crippen molar-refractivity contribution >= 4 is 22.5 Å². The predicted octanol–water partition coefficient (Wildman–Crippen LogP) is 1.63. The number of pyridine rings is 1. The van der Waals surface area contributed by atoms with Gasteiger partial charge in [-0.3, -0.25) is 0 Å². The van der Waals surface area contributed by atoms with Crippen LogP contribution in [0.25, 0.3) is 10.9 Å². The maximum atomic E-state index is 10.0. The molecule has 0 saturated heterocycles. The SMILES string of the molecule is NCCC(O)C(O)c1cc2ccccc2nc1Cl. The van der Waals surface area contributed by atoms with Crippen LogP contribution >= 0.6 is 11.6 Å². The van der Waals surface area contributed by atoms with Gasteiger partial charge in [-0.25, -0.2) is 4.98 Å². The Hall–Kier alpha value is -1.20. The molecular weight excluding hydrogens is 252 g/mol.